The lowest BCUT2D eigenvalue weighted by molar-refractivity contribution is 0.174. The van der Waals surface area contributed by atoms with Crippen molar-refractivity contribution in [2.45, 2.75) is 31.3 Å². The minimum Gasteiger partial charge on any atom is -0.508 e. The van der Waals surface area contributed by atoms with E-state index in [0.717, 1.165) is 29.0 Å². The van der Waals surface area contributed by atoms with Gasteiger partial charge in [-0.3, -0.25) is 9.55 Å². The molecule has 2 N–H and O–H groups in total. The number of fused-ring (bicyclic) bond motifs is 1. The highest BCUT2D eigenvalue weighted by Crippen LogP contribution is 2.40. The summed E-state index contributed by atoms with van der Waals surface area (Å²) in [5.74, 6) is 2.61. The summed E-state index contributed by atoms with van der Waals surface area (Å²) in [4.78, 5) is 4.18. The number of thioether (sulfide) groups is 1. The molecule has 0 radical (unpaired) electrons. The van der Waals surface area contributed by atoms with E-state index in [1.54, 1.807) is 24.0 Å². The van der Waals surface area contributed by atoms with E-state index in [-0.39, 0.29) is 24.2 Å². The standard InChI is InChI=1S/C25H24N4O4S/c1-15(2)18-11-19(21(31)12-20(18)30)24-27-28-25(34-9-7-16-4-3-8-26-13-16)29(24)17-5-6-22-23(10-17)33-14-32-22/h3-6,8,10-13,15,30-31H,7,9,14H2,1-2H3. The molecule has 0 saturated carbocycles. The molecule has 0 amide bonds. The summed E-state index contributed by atoms with van der Waals surface area (Å²) in [5.41, 5.74) is 3.14. The first-order chi connectivity index (χ1) is 16.5. The third-order valence-corrected chi connectivity index (χ3v) is 6.53. The van der Waals surface area contributed by atoms with E-state index < -0.39 is 0 Å². The molecule has 1 aliphatic heterocycles. The molecule has 0 atom stereocenters. The van der Waals surface area contributed by atoms with E-state index >= 15 is 0 Å². The van der Waals surface area contributed by atoms with Crippen LogP contribution < -0.4 is 9.47 Å². The molecule has 0 fully saturated rings. The van der Waals surface area contributed by atoms with Crippen molar-refractivity contribution >= 4 is 11.8 Å². The number of aromatic nitrogens is 4. The average Bonchev–Trinajstić information content (AvgIpc) is 3.46. The Balaban J connectivity index is 1.56. The fourth-order valence-corrected chi connectivity index (χ4v) is 4.78. The predicted octanol–water partition coefficient (Wildman–Crippen LogP) is 4.93. The van der Waals surface area contributed by atoms with Crippen LogP contribution in [0.2, 0.25) is 0 Å². The smallest absolute Gasteiger partial charge is 0.231 e. The van der Waals surface area contributed by atoms with Crippen molar-refractivity contribution in [2.24, 2.45) is 0 Å². The average molecular weight is 477 g/mol. The highest BCUT2D eigenvalue weighted by Gasteiger charge is 2.23. The molecular weight excluding hydrogens is 452 g/mol. The van der Waals surface area contributed by atoms with Gasteiger partial charge >= 0.3 is 0 Å². The first-order valence-corrected chi connectivity index (χ1v) is 11.9. The number of phenols is 2. The molecule has 3 heterocycles. The maximum atomic E-state index is 10.7. The van der Waals surface area contributed by atoms with E-state index in [2.05, 4.69) is 15.2 Å². The molecule has 8 nitrogen and oxygen atoms in total. The second-order valence-corrected chi connectivity index (χ2v) is 9.28. The number of ether oxygens (including phenoxy) is 2. The second kappa shape index (κ2) is 9.26. The van der Waals surface area contributed by atoms with Crippen molar-refractivity contribution in [3.63, 3.8) is 0 Å². The largest absolute Gasteiger partial charge is 0.508 e. The Kier molecular flexibility index (Phi) is 6.02. The number of aromatic hydroxyl groups is 2. The third-order valence-electron chi connectivity index (χ3n) is 5.60. The van der Waals surface area contributed by atoms with Gasteiger partial charge in [-0.25, -0.2) is 0 Å². The Morgan fingerprint density at radius 2 is 1.88 bits per heavy atom. The number of phenolic OH excluding ortho intramolecular Hbond substituents is 2. The van der Waals surface area contributed by atoms with Crippen molar-refractivity contribution in [2.75, 3.05) is 12.5 Å². The SMILES string of the molecule is CC(C)c1cc(-c2nnc(SCCc3cccnc3)n2-c2ccc3c(c2)OCO3)c(O)cc1O. The van der Waals surface area contributed by atoms with Crippen molar-refractivity contribution in [3.8, 4) is 40.1 Å². The Morgan fingerprint density at radius 1 is 1.03 bits per heavy atom. The summed E-state index contributed by atoms with van der Waals surface area (Å²) in [5, 5.41) is 30.6. The van der Waals surface area contributed by atoms with Crippen molar-refractivity contribution in [1.29, 1.82) is 0 Å². The van der Waals surface area contributed by atoms with Gasteiger partial charge in [0, 0.05) is 30.3 Å². The minimum absolute atomic E-state index is 0.0523. The molecule has 34 heavy (non-hydrogen) atoms. The van der Waals surface area contributed by atoms with Crippen molar-refractivity contribution in [3.05, 3.63) is 66.0 Å². The van der Waals surface area contributed by atoms with Crippen molar-refractivity contribution in [1.82, 2.24) is 19.7 Å². The van der Waals surface area contributed by atoms with E-state index in [4.69, 9.17) is 9.47 Å². The van der Waals surface area contributed by atoms with Gasteiger partial charge in [-0.1, -0.05) is 31.7 Å². The number of aryl methyl sites for hydroxylation is 1. The topological polar surface area (TPSA) is 103 Å². The Morgan fingerprint density at radius 3 is 2.68 bits per heavy atom. The Labute approximate surface area is 201 Å². The summed E-state index contributed by atoms with van der Waals surface area (Å²) in [6.45, 7) is 4.15. The minimum atomic E-state index is -0.0665. The van der Waals surface area contributed by atoms with Gasteiger partial charge in [-0.15, -0.1) is 10.2 Å². The quantitative estimate of drug-likeness (QED) is 0.362. The third kappa shape index (κ3) is 4.26. The Bertz CT molecular complexity index is 1320. The first-order valence-electron chi connectivity index (χ1n) is 10.9. The van der Waals surface area contributed by atoms with Gasteiger partial charge in [-0.2, -0.15) is 0 Å². The van der Waals surface area contributed by atoms with Crippen molar-refractivity contribution < 1.29 is 19.7 Å². The van der Waals surface area contributed by atoms with E-state index in [9.17, 15) is 10.2 Å². The molecule has 1 aliphatic rings. The molecule has 4 aromatic rings. The molecule has 0 spiro atoms. The van der Waals surface area contributed by atoms with Gasteiger partial charge in [0.25, 0.3) is 0 Å². The van der Waals surface area contributed by atoms with Crippen LogP contribution in [0, 0.1) is 0 Å². The number of hydrogen-bond donors (Lipinski definition) is 2. The molecule has 174 valence electrons. The number of nitrogens with zero attached hydrogens (tertiary/aromatic N) is 4. The number of rotatable bonds is 7. The van der Waals surface area contributed by atoms with Gasteiger partial charge < -0.3 is 19.7 Å². The van der Waals surface area contributed by atoms with Gasteiger partial charge in [0.15, 0.2) is 22.5 Å². The van der Waals surface area contributed by atoms with Crippen LogP contribution in [0.1, 0.15) is 30.9 Å². The van der Waals surface area contributed by atoms with Gasteiger partial charge in [-0.05, 0) is 47.7 Å². The van der Waals surface area contributed by atoms with Crippen LogP contribution in [0.4, 0.5) is 0 Å². The van der Waals surface area contributed by atoms with E-state index in [1.807, 2.05) is 54.9 Å². The zero-order valence-corrected chi connectivity index (χ0v) is 19.6. The molecule has 9 heteroatoms. The first kappa shape index (κ1) is 22.1. The molecule has 0 unspecified atom stereocenters. The zero-order valence-electron chi connectivity index (χ0n) is 18.8. The van der Waals surface area contributed by atoms with Crippen LogP contribution in [0.3, 0.4) is 0 Å². The van der Waals surface area contributed by atoms with Crippen LogP contribution >= 0.6 is 11.8 Å². The lowest BCUT2D eigenvalue weighted by atomic mass is 9.98. The Hall–Kier alpha value is -3.72. The van der Waals surface area contributed by atoms with Crippen LogP contribution in [0.5, 0.6) is 23.0 Å². The van der Waals surface area contributed by atoms with Gasteiger partial charge in [0.05, 0.1) is 11.3 Å². The summed E-state index contributed by atoms with van der Waals surface area (Å²) in [6, 6.07) is 12.7. The molecule has 0 bridgehead atoms. The lowest BCUT2D eigenvalue weighted by Gasteiger charge is -2.15. The monoisotopic (exact) mass is 476 g/mol. The highest BCUT2D eigenvalue weighted by atomic mass is 32.2. The molecule has 2 aromatic carbocycles. The molecule has 2 aromatic heterocycles. The van der Waals surface area contributed by atoms with Crippen LogP contribution in [0.15, 0.2) is 60.0 Å². The summed E-state index contributed by atoms with van der Waals surface area (Å²) in [6.07, 6.45) is 4.44. The van der Waals surface area contributed by atoms with E-state index in [1.165, 1.54) is 6.07 Å². The summed E-state index contributed by atoms with van der Waals surface area (Å²) in [7, 11) is 0. The molecule has 0 aliphatic carbocycles. The number of pyridine rings is 1. The van der Waals surface area contributed by atoms with Crippen LogP contribution in [0.25, 0.3) is 17.1 Å². The normalized spacial score (nSPS) is 12.4. The number of benzene rings is 2. The second-order valence-electron chi connectivity index (χ2n) is 8.22. The van der Waals surface area contributed by atoms with Crippen LogP contribution in [-0.4, -0.2) is 42.5 Å². The fourth-order valence-electron chi connectivity index (χ4n) is 3.84. The lowest BCUT2D eigenvalue weighted by Crippen LogP contribution is -2.02. The van der Waals surface area contributed by atoms with Gasteiger partial charge in [0.1, 0.15) is 11.5 Å². The summed E-state index contributed by atoms with van der Waals surface area (Å²) >= 11 is 1.56. The molecule has 0 saturated heterocycles. The highest BCUT2D eigenvalue weighted by molar-refractivity contribution is 7.99. The zero-order chi connectivity index (χ0) is 23.7. The van der Waals surface area contributed by atoms with Gasteiger partial charge in [0.2, 0.25) is 6.79 Å². The predicted molar refractivity (Wildman–Crippen MR) is 129 cm³/mol. The number of hydrogen-bond acceptors (Lipinski definition) is 8. The fraction of sp³-hybridized carbons (Fsp3) is 0.240. The van der Waals surface area contributed by atoms with Crippen LogP contribution in [-0.2, 0) is 6.42 Å². The van der Waals surface area contributed by atoms with E-state index in [0.29, 0.717) is 28.0 Å². The maximum absolute atomic E-state index is 10.7. The molecular formula is C25H24N4O4S. The summed E-state index contributed by atoms with van der Waals surface area (Å²) < 4.78 is 12.9. The maximum Gasteiger partial charge on any atom is 0.231 e. The molecule has 5 rings (SSSR count).